The average Bonchev–Trinajstić information content (AvgIpc) is 2.32. The van der Waals surface area contributed by atoms with Crippen LogP contribution in [0.15, 0.2) is 0 Å². The first kappa shape index (κ1) is 13.6. The Balaban J connectivity index is 2.50. The van der Waals surface area contributed by atoms with Crippen molar-refractivity contribution in [1.29, 1.82) is 0 Å². The van der Waals surface area contributed by atoms with E-state index >= 15 is 0 Å². The van der Waals surface area contributed by atoms with Crippen LogP contribution < -0.4 is 10.6 Å². The molecule has 1 aliphatic rings. The Kier molecular flexibility index (Phi) is 3.12. The van der Waals surface area contributed by atoms with Gasteiger partial charge in [0.1, 0.15) is 23.0 Å². The predicted octanol–water partition coefficient (Wildman–Crippen LogP) is 0.733. The molecule has 104 valence electrons. The second-order valence-electron chi connectivity index (χ2n) is 5.54. The van der Waals surface area contributed by atoms with Crippen molar-refractivity contribution in [2.75, 3.05) is 30.8 Å². The van der Waals surface area contributed by atoms with E-state index < -0.39 is 5.54 Å². The van der Waals surface area contributed by atoms with Crippen LogP contribution in [-0.4, -0.2) is 46.5 Å². The molecule has 0 aliphatic carbocycles. The van der Waals surface area contributed by atoms with Gasteiger partial charge in [0.05, 0.1) is 0 Å². The molecule has 0 unspecified atom stereocenters. The molecule has 1 aliphatic heterocycles. The number of nitrogens with two attached hydrogens (primary N) is 1. The number of aryl methyl sites for hydroxylation is 1. The monoisotopic (exact) mass is 263 g/mol. The molecule has 0 atom stereocenters. The first-order valence-corrected chi connectivity index (χ1v) is 6.39. The zero-order valence-electron chi connectivity index (χ0n) is 12.2. The lowest BCUT2D eigenvalue weighted by Crippen LogP contribution is -2.62. The maximum absolute atomic E-state index is 12.3. The Bertz CT molecular complexity index is 526. The number of aromatic nitrogens is 2. The average molecular weight is 263 g/mol. The van der Waals surface area contributed by atoms with Crippen LogP contribution in [0, 0.1) is 13.8 Å². The Hall–Kier alpha value is -1.85. The summed E-state index contributed by atoms with van der Waals surface area (Å²) in [7, 11) is 1.83. The highest BCUT2D eigenvalue weighted by atomic mass is 16.2. The number of rotatable bonds is 1. The van der Waals surface area contributed by atoms with E-state index in [9.17, 15) is 4.79 Å². The maximum atomic E-state index is 12.3. The van der Waals surface area contributed by atoms with Crippen LogP contribution >= 0.6 is 0 Å². The van der Waals surface area contributed by atoms with Gasteiger partial charge >= 0.3 is 0 Å². The third-order valence-electron chi connectivity index (χ3n) is 3.73. The molecule has 0 radical (unpaired) electrons. The van der Waals surface area contributed by atoms with E-state index in [1.807, 2.05) is 39.6 Å². The van der Waals surface area contributed by atoms with E-state index in [-0.39, 0.29) is 5.91 Å². The Morgan fingerprint density at radius 1 is 1.21 bits per heavy atom. The normalized spacial score (nSPS) is 18.9. The van der Waals surface area contributed by atoms with Crippen LogP contribution in [-0.2, 0) is 4.79 Å². The third kappa shape index (κ3) is 2.11. The summed E-state index contributed by atoms with van der Waals surface area (Å²) in [4.78, 5) is 24.7. The van der Waals surface area contributed by atoms with E-state index in [2.05, 4.69) is 9.97 Å². The fraction of sp³-hybridized carbons (Fsp3) is 0.615. The summed E-state index contributed by atoms with van der Waals surface area (Å²) in [6, 6.07) is 0. The molecule has 2 N–H and O–H groups in total. The van der Waals surface area contributed by atoms with Crippen molar-refractivity contribution in [3.05, 3.63) is 11.4 Å². The number of nitrogen functional groups attached to an aromatic ring is 1. The summed E-state index contributed by atoms with van der Waals surface area (Å²) >= 11 is 0. The van der Waals surface area contributed by atoms with Crippen LogP contribution in [0.2, 0.25) is 0 Å². The van der Waals surface area contributed by atoms with Gasteiger partial charge in [-0.25, -0.2) is 9.97 Å². The SMILES string of the molecule is Cc1nc(N)c(C)c(N2CCN(C)C(=O)C2(C)C)n1. The molecule has 0 aromatic carbocycles. The molecule has 2 rings (SSSR count). The molecule has 1 aromatic heterocycles. The highest BCUT2D eigenvalue weighted by Gasteiger charge is 2.41. The van der Waals surface area contributed by atoms with Crippen molar-refractivity contribution in [2.24, 2.45) is 0 Å². The van der Waals surface area contributed by atoms with Gasteiger partial charge in [0.2, 0.25) is 5.91 Å². The van der Waals surface area contributed by atoms with Gasteiger partial charge in [0.15, 0.2) is 0 Å². The Labute approximate surface area is 113 Å². The number of amides is 1. The van der Waals surface area contributed by atoms with Crippen molar-refractivity contribution in [3.63, 3.8) is 0 Å². The number of nitrogens with zero attached hydrogens (tertiary/aromatic N) is 4. The standard InChI is InChI=1S/C13H21N5O/c1-8-10(14)15-9(2)16-11(8)18-7-6-17(5)12(19)13(18,3)4/h6-7H2,1-5H3,(H2,14,15,16). The molecule has 1 aromatic rings. The van der Waals surface area contributed by atoms with Gasteiger partial charge in [0, 0.05) is 25.7 Å². The lowest BCUT2D eigenvalue weighted by atomic mass is 9.97. The molecule has 6 nitrogen and oxygen atoms in total. The predicted molar refractivity (Wildman–Crippen MR) is 75.0 cm³/mol. The summed E-state index contributed by atoms with van der Waals surface area (Å²) in [6.45, 7) is 8.96. The lowest BCUT2D eigenvalue weighted by Gasteiger charge is -2.45. The molecule has 1 fully saturated rings. The minimum absolute atomic E-state index is 0.0907. The van der Waals surface area contributed by atoms with Crippen molar-refractivity contribution >= 4 is 17.5 Å². The highest BCUT2D eigenvalue weighted by molar-refractivity contribution is 5.90. The second kappa shape index (κ2) is 4.36. The van der Waals surface area contributed by atoms with Crippen molar-refractivity contribution in [2.45, 2.75) is 33.2 Å². The second-order valence-corrected chi connectivity index (χ2v) is 5.54. The first-order valence-electron chi connectivity index (χ1n) is 6.39. The van der Waals surface area contributed by atoms with Gasteiger partial charge in [0.25, 0.3) is 0 Å². The Morgan fingerprint density at radius 2 is 1.84 bits per heavy atom. The molecule has 19 heavy (non-hydrogen) atoms. The third-order valence-corrected chi connectivity index (χ3v) is 3.73. The molecule has 0 bridgehead atoms. The van der Waals surface area contributed by atoms with E-state index in [0.29, 0.717) is 18.2 Å². The number of hydrogen-bond donors (Lipinski definition) is 1. The number of carbonyl (C=O) groups excluding carboxylic acids is 1. The number of piperazine rings is 1. The fourth-order valence-electron chi connectivity index (χ4n) is 2.48. The van der Waals surface area contributed by atoms with Gasteiger partial charge in [-0.05, 0) is 27.7 Å². The van der Waals surface area contributed by atoms with E-state index in [4.69, 9.17) is 5.73 Å². The van der Waals surface area contributed by atoms with Crippen LogP contribution in [0.25, 0.3) is 0 Å². The van der Waals surface area contributed by atoms with E-state index in [1.165, 1.54) is 0 Å². The largest absolute Gasteiger partial charge is 0.383 e. The molecule has 0 saturated carbocycles. The summed E-state index contributed by atoms with van der Waals surface area (Å²) in [5.74, 6) is 1.95. The summed E-state index contributed by atoms with van der Waals surface area (Å²) in [5, 5.41) is 0. The number of anilines is 2. The Morgan fingerprint density at radius 3 is 2.47 bits per heavy atom. The van der Waals surface area contributed by atoms with Gasteiger partial charge in [-0.15, -0.1) is 0 Å². The van der Waals surface area contributed by atoms with Crippen LogP contribution in [0.3, 0.4) is 0 Å². The molecule has 1 amide bonds. The lowest BCUT2D eigenvalue weighted by molar-refractivity contribution is -0.136. The quantitative estimate of drug-likeness (QED) is 0.808. The van der Waals surface area contributed by atoms with Gasteiger partial charge in [-0.3, -0.25) is 4.79 Å². The van der Waals surface area contributed by atoms with Crippen LogP contribution in [0.4, 0.5) is 11.6 Å². The number of hydrogen-bond acceptors (Lipinski definition) is 5. The topological polar surface area (TPSA) is 75.3 Å². The van der Waals surface area contributed by atoms with E-state index in [1.54, 1.807) is 4.90 Å². The van der Waals surface area contributed by atoms with Crippen molar-refractivity contribution in [3.8, 4) is 0 Å². The molecule has 6 heteroatoms. The van der Waals surface area contributed by atoms with Gasteiger partial charge in [-0.2, -0.15) is 0 Å². The zero-order chi connectivity index (χ0) is 14.4. The molecular weight excluding hydrogens is 242 g/mol. The van der Waals surface area contributed by atoms with Crippen molar-refractivity contribution < 1.29 is 4.79 Å². The van der Waals surface area contributed by atoms with Crippen molar-refractivity contribution in [1.82, 2.24) is 14.9 Å². The van der Waals surface area contributed by atoms with Gasteiger partial charge in [-0.1, -0.05) is 0 Å². The number of carbonyl (C=O) groups is 1. The molecule has 1 saturated heterocycles. The first-order chi connectivity index (χ1) is 8.75. The van der Waals surface area contributed by atoms with Gasteiger partial charge < -0.3 is 15.5 Å². The minimum Gasteiger partial charge on any atom is -0.383 e. The molecular formula is C13H21N5O. The summed E-state index contributed by atoms with van der Waals surface area (Å²) in [5.41, 5.74) is 6.12. The van der Waals surface area contributed by atoms with E-state index in [0.717, 1.165) is 17.9 Å². The summed E-state index contributed by atoms with van der Waals surface area (Å²) in [6.07, 6.45) is 0. The molecule has 0 spiro atoms. The zero-order valence-corrected chi connectivity index (χ0v) is 12.2. The smallest absolute Gasteiger partial charge is 0.247 e. The fourth-order valence-corrected chi connectivity index (χ4v) is 2.48. The maximum Gasteiger partial charge on any atom is 0.247 e. The molecule has 2 heterocycles. The van der Waals surface area contributed by atoms with Crippen LogP contribution in [0.5, 0.6) is 0 Å². The summed E-state index contributed by atoms with van der Waals surface area (Å²) < 4.78 is 0. The minimum atomic E-state index is -0.620. The number of likely N-dealkylation sites (N-methyl/N-ethyl adjacent to an activating group) is 1. The van der Waals surface area contributed by atoms with Crippen LogP contribution in [0.1, 0.15) is 25.2 Å². The highest BCUT2D eigenvalue weighted by Crippen LogP contribution is 2.30.